The molecule has 114 valence electrons. The van der Waals surface area contributed by atoms with E-state index in [9.17, 15) is 13.6 Å². The van der Waals surface area contributed by atoms with Gasteiger partial charge in [0.25, 0.3) is 5.91 Å². The van der Waals surface area contributed by atoms with Crippen LogP contribution in [0.15, 0.2) is 24.3 Å². The number of hydrogen-bond donors (Lipinski definition) is 2. The second-order valence-electron chi connectivity index (χ2n) is 5.19. The van der Waals surface area contributed by atoms with Crippen LogP contribution in [-0.4, -0.2) is 21.9 Å². The Bertz CT molecular complexity index is 731. The number of nitrogens with zero attached hydrogens (tertiary/aromatic N) is 2. The first-order valence-electron chi connectivity index (χ1n) is 6.90. The Morgan fingerprint density at radius 1 is 1.18 bits per heavy atom. The zero-order valence-electron chi connectivity index (χ0n) is 11.9. The van der Waals surface area contributed by atoms with Crippen LogP contribution in [-0.2, 0) is 0 Å². The fourth-order valence-electron chi connectivity index (χ4n) is 1.96. The van der Waals surface area contributed by atoms with Crippen molar-refractivity contribution < 1.29 is 13.6 Å². The van der Waals surface area contributed by atoms with Crippen molar-refractivity contribution in [2.24, 2.45) is 0 Å². The number of halogens is 2. The quantitative estimate of drug-likeness (QED) is 0.911. The van der Waals surface area contributed by atoms with Crippen LogP contribution in [0.25, 0.3) is 0 Å². The van der Waals surface area contributed by atoms with Gasteiger partial charge in [-0.1, -0.05) is 0 Å². The second kappa shape index (κ2) is 5.67. The maximum absolute atomic E-state index is 13.1. The molecule has 7 heteroatoms. The summed E-state index contributed by atoms with van der Waals surface area (Å²) in [5.41, 5.74) is 0.331. The van der Waals surface area contributed by atoms with Crippen molar-refractivity contribution in [2.45, 2.75) is 25.8 Å². The van der Waals surface area contributed by atoms with Crippen molar-refractivity contribution in [3.8, 4) is 0 Å². The molecule has 3 rings (SSSR count). The molecule has 1 saturated carbocycles. The smallest absolute Gasteiger partial charge is 0.274 e. The Labute approximate surface area is 125 Å². The summed E-state index contributed by atoms with van der Waals surface area (Å²) in [6, 6.07) is 5.10. The van der Waals surface area contributed by atoms with Crippen molar-refractivity contribution in [1.82, 2.24) is 9.97 Å². The van der Waals surface area contributed by atoms with Gasteiger partial charge in [-0.15, -0.1) is 0 Å². The van der Waals surface area contributed by atoms with Crippen LogP contribution in [0.1, 0.15) is 29.2 Å². The summed E-state index contributed by atoms with van der Waals surface area (Å²) in [6.07, 6.45) is 2.17. The summed E-state index contributed by atoms with van der Waals surface area (Å²) in [6.45, 7) is 1.69. The molecule has 1 amide bonds. The highest BCUT2D eigenvalue weighted by molar-refractivity contribution is 6.03. The molecule has 1 aliphatic rings. The molecule has 0 unspecified atom stereocenters. The third-order valence-electron chi connectivity index (χ3n) is 3.18. The monoisotopic (exact) mass is 304 g/mol. The molecule has 1 aliphatic carbocycles. The topological polar surface area (TPSA) is 66.9 Å². The summed E-state index contributed by atoms with van der Waals surface area (Å²) < 4.78 is 26.0. The first-order valence-corrected chi connectivity index (χ1v) is 6.90. The van der Waals surface area contributed by atoms with E-state index in [1.165, 1.54) is 6.07 Å². The molecular weight excluding hydrogens is 290 g/mol. The molecule has 1 aromatic carbocycles. The summed E-state index contributed by atoms with van der Waals surface area (Å²) in [5, 5.41) is 5.68. The normalized spacial score (nSPS) is 13.8. The molecule has 22 heavy (non-hydrogen) atoms. The van der Waals surface area contributed by atoms with Crippen molar-refractivity contribution in [1.29, 1.82) is 0 Å². The number of carbonyl (C=O) groups is 1. The van der Waals surface area contributed by atoms with E-state index < -0.39 is 17.5 Å². The number of rotatable bonds is 4. The van der Waals surface area contributed by atoms with Gasteiger partial charge >= 0.3 is 0 Å². The molecule has 0 radical (unpaired) electrons. The number of aromatic nitrogens is 2. The van der Waals surface area contributed by atoms with Crippen molar-refractivity contribution >= 4 is 17.4 Å². The van der Waals surface area contributed by atoms with E-state index in [-0.39, 0.29) is 11.4 Å². The van der Waals surface area contributed by atoms with E-state index >= 15 is 0 Å². The summed E-state index contributed by atoms with van der Waals surface area (Å²) in [4.78, 5) is 20.5. The van der Waals surface area contributed by atoms with Crippen LogP contribution in [0, 0.1) is 18.6 Å². The lowest BCUT2D eigenvalue weighted by atomic mass is 10.2. The third-order valence-corrected chi connectivity index (χ3v) is 3.18. The van der Waals surface area contributed by atoms with Crippen LogP contribution >= 0.6 is 0 Å². The minimum atomic E-state index is -1.02. The second-order valence-corrected chi connectivity index (χ2v) is 5.19. The van der Waals surface area contributed by atoms with Crippen LogP contribution in [0.3, 0.4) is 0 Å². The van der Waals surface area contributed by atoms with Gasteiger partial charge in [0, 0.05) is 23.9 Å². The van der Waals surface area contributed by atoms with E-state index in [2.05, 4.69) is 20.6 Å². The molecular formula is C15H14F2N4O. The lowest BCUT2D eigenvalue weighted by Gasteiger charge is -2.08. The number of anilines is 2. The van der Waals surface area contributed by atoms with Gasteiger partial charge in [0.2, 0.25) is 0 Å². The molecule has 0 atom stereocenters. The van der Waals surface area contributed by atoms with Gasteiger partial charge in [0.15, 0.2) is 11.6 Å². The standard InChI is InChI=1S/C15H14F2N4O/c1-8-18-13(7-14(19-8)20-9-2-3-9)15(22)21-10-4-5-11(16)12(17)6-10/h4-7,9H,2-3H2,1H3,(H,21,22)(H,18,19,20). The number of amides is 1. The van der Waals surface area contributed by atoms with Gasteiger partial charge in [-0.25, -0.2) is 18.7 Å². The van der Waals surface area contributed by atoms with Crippen molar-refractivity contribution in [2.75, 3.05) is 10.6 Å². The summed E-state index contributed by atoms with van der Waals surface area (Å²) in [5.74, 6) is -1.44. The van der Waals surface area contributed by atoms with E-state index in [1.807, 2.05) is 0 Å². The Morgan fingerprint density at radius 2 is 1.95 bits per heavy atom. The molecule has 0 aliphatic heterocycles. The predicted octanol–water partition coefficient (Wildman–Crippen LogP) is 2.89. The average Bonchev–Trinajstić information content (AvgIpc) is 3.26. The number of benzene rings is 1. The fraction of sp³-hybridized carbons (Fsp3) is 0.267. The number of aryl methyl sites for hydroxylation is 1. The van der Waals surface area contributed by atoms with Crippen molar-refractivity contribution in [3.63, 3.8) is 0 Å². The molecule has 0 spiro atoms. The number of nitrogens with one attached hydrogen (secondary N) is 2. The van der Waals surface area contributed by atoms with Crippen LogP contribution in [0.5, 0.6) is 0 Å². The largest absolute Gasteiger partial charge is 0.367 e. The summed E-state index contributed by atoms with van der Waals surface area (Å²) >= 11 is 0. The molecule has 1 heterocycles. The minimum Gasteiger partial charge on any atom is -0.367 e. The Kier molecular flexibility index (Phi) is 3.70. The number of carbonyl (C=O) groups excluding carboxylic acids is 1. The van der Waals surface area contributed by atoms with Gasteiger partial charge < -0.3 is 10.6 Å². The van der Waals surface area contributed by atoms with Crippen LogP contribution in [0.2, 0.25) is 0 Å². The van der Waals surface area contributed by atoms with Gasteiger partial charge in [-0.2, -0.15) is 0 Å². The van der Waals surface area contributed by atoms with Gasteiger partial charge in [-0.3, -0.25) is 4.79 Å². The first-order chi connectivity index (χ1) is 10.5. The van der Waals surface area contributed by atoms with E-state index in [4.69, 9.17) is 0 Å². The highest BCUT2D eigenvalue weighted by Crippen LogP contribution is 2.24. The molecule has 5 nitrogen and oxygen atoms in total. The SMILES string of the molecule is Cc1nc(NC2CC2)cc(C(=O)Nc2ccc(F)c(F)c2)n1. The Hall–Kier alpha value is -2.57. The molecule has 2 N–H and O–H groups in total. The fourth-order valence-corrected chi connectivity index (χ4v) is 1.96. The maximum atomic E-state index is 13.1. The lowest BCUT2D eigenvalue weighted by molar-refractivity contribution is 0.102. The molecule has 1 aromatic heterocycles. The van der Waals surface area contributed by atoms with Gasteiger partial charge in [0.1, 0.15) is 17.3 Å². The van der Waals surface area contributed by atoms with Crippen LogP contribution < -0.4 is 10.6 Å². The summed E-state index contributed by atoms with van der Waals surface area (Å²) in [7, 11) is 0. The zero-order valence-corrected chi connectivity index (χ0v) is 11.9. The molecule has 0 saturated heterocycles. The highest BCUT2D eigenvalue weighted by atomic mass is 19.2. The predicted molar refractivity (Wildman–Crippen MR) is 77.7 cm³/mol. The van der Waals surface area contributed by atoms with Gasteiger partial charge in [-0.05, 0) is 31.9 Å². The number of hydrogen-bond acceptors (Lipinski definition) is 4. The maximum Gasteiger partial charge on any atom is 0.274 e. The first kappa shape index (κ1) is 14.4. The highest BCUT2D eigenvalue weighted by Gasteiger charge is 2.22. The third kappa shape index (κ3) is 3.36. The average molecular weight is 304 g/mol. The van der Waals surface area contributed by atoms with Crippen molar-refractivity contribution in [3.05, 3.63) is 47.4 Å². The zero-order chi connectivity index (χ0) is 15.7. The molecule has 1 fully saturated rings. The molecule has 0 bridgehead atoms. The minimum absolute atomic E-state index is 0.164. The Morgan fingerprint density at radius 3 is 2.64 bits per heavy atom. The van der Waals surface area contributed by atoms with E-state index in [1.54, 1.807) is 13.0 Å². The van der Waals surface area contributed by atoms with E-state index in [0.29, 0.717) is 17.7 Å². The van der Waals surface area contributed by atoms with E-state index in [0.717, 1.165) is 25.0 Å². The Balaban J connectivity index is 1.78. The lowest BCUT2D eigenvalue weighted by Crippen LogP contribution is -2.16. The van der Waals surface area contributed by atoms with Gasteiger partial charge in [0.05, 0.1) is 0 Å². The van der Waals surface area contributed by atoms with Crippen LogP contribution in [0.4, 0.5) is 20.3 Å². The molecule has 2 aromatic rings.